The van der Waals surface area contributed by atoms with Gasteiger partial charge in [-0.1, -0.05) is 42.5 Å². The van der Waals surface area contributed by atoms with Gasteiger partial charge in [-0.05, 0) is 64.9 Å². The zero-order valence-corrected chi connectivity index (χ0v) is 16.1. The highest BCUT2D eigenvalue weighted by molar-refractivity contribution is 5.94. The summed E-state index contributed by atoms with van der Waals surface area (Å²) in [6, 6.07) is 21.0. The van der Waals surface area contributed by atoms with Gasteiger partial charge in [-0.25, -0.2) is 4.39 Å². The van der Waals surface area contributed by atoms with Crippen LogP contribution in [0.4, 0.5) is 4.39 Å². The van der Waals surface area contributed by atoms with Gasteiger partial charge in [0.05, 0.1) is 0 Å². The fourth-order valence-electron chi connectivity index (χ4n) is 3.66. The highest BCUT2D eigenvalue weighted by Crippen LogP contribution is 2.24. The predicted molar refractivity (Wildman–Crippen MR) is 112 cm³/mol. The molecule has 0 saturated heterocycles. The highest BCUT2D eigenvalue weighted by Gasteiger charge is 2.21. The van der Waals surface area contributed by atoms with Crippen LogP contribution in [0, 0.1) is 5.82 Å². The molecule has 0 bridgehead atoms. The van der Waals surface area contributed by atoms with E-state index in [1.54, 1.807) is 12.1 Å². The van der Waals surface area contributed by atoms with E-state index in [-0.39, 0.29) is 18.2 Å². The van der Waals surface area contributed by atoms with Crippen LogP contribution in [-0.4, -0.2) is 11.9 Å². The molecule has 28 heavy (non-hydrogen) atoms. The van der Waals surface area contributed by atoms with Crippen molar-refractivity contribution in [1.82, 2.24) is 5.32 Å². The van der Waals surface area contributed by atoms with E-state index < -0.39 is 5.91 Å². The summed E-state index contributed by atoms with van der Waals surface area (Å²) in [4.78, 5) is 11.3. The van der Waals surface area contributed by atoms with Crippen molar-refractivity contribution >= 4 is 18.3 Å². The fourth-order valence-corrected chi connectivity index (χ4v) is 3.66. The molecule has 1 aliphatic rings. The molecule has 3 aromatic rings. The second kappa shape index (κ2) is 8.55. The minimum absolute atomic E-state index is 0. The first-order valence-corrected chi connectivity index (χ1v) is 9.08. The van der Waals surface area contributed by atoms with Gasteiger partial charge in [0, 0.05) is 18.2 Å². The van der Waals surface area contributed by atoms with Crippen LogP contribution in [0.3, 0.4) is 0 Å². The third-order valence-corrected chi connectivity index (χ3v) is 5.13. The third-order valence-electron chi connectivity index (χ3n) is 5.13. The third kappa shape index (κ3) is 4.41. The number of fused-ring (bicyclic) bond motifs is 1. The molecule has 1 aliphatic carbocycles. The maximum atomic E-state index is 13.3. The maximum absolute atomic E-state index is 13.3. The summed E-state index contributed by atoms with van der Waals surface area (Å²) in [5.41, 5.74) is 11.4. The van der Waals surface area contributed by atoms with Crippen LogP contribution in [0.5, 0.6) is 0 Å². The SMILES string of the molecule is Cl.NC(=O)c1cccc(-c2ccc(CN[C@@H]3Cc4ccc(F)cc4C3)cc2)c1. The number of nitrogens with two attached hydrogens (primary N) is 1. The van der Waals surface area contributed by atoms with Gasteiger partial charge >= 0.3 is 0 Å². The van der Waals surface area contributed by atoms with Crippen molar-refractivity contribution in [2.45, 2.75) is 25.4 Å². The molecular formula is C23H22ClFN2O. The lowest BCUT2D eigenvalue weighted by molar-refractivity contribution is 0.100. The summed E-state index contributed by atoms with van der Waals surface area (Å²) in [6.07, 6.45) is 1.80. The average Bonchev–Trinajstić information content (AvgIpc) is 3.09. The molecule has 0 heterocycles. The van der Waals surface area contributed by atoms with Crippen molar-refractivity contribution < 1.29 is 9.18 Å². The van der Waals surface area contributed by atoms with E-state index in [2.05, 4.69) is 29.6 Å². The van der Waals surface area contributed by atoms with Gasteiger partial charge in [0.2, 0.25) is 5.91 Å². The average molecular weight is 397 g/mol. The largest absolute Gasteiger partial charge is 0.366 e. The molecule has 0 spiro atoms. The lowest BCUT2D eigenvalue weighted by Gasteiger charge is -2.12. The molecule has 0 radical (unpaired) electrons. The van der Waals surface area contributed by atoms with E-state index >= 15 is 0 Å². The second-order valence-electron chi connectivity index (χ2n) is 7.04. The van der Waals surface area contributed by atoms with Crippen LogP contribution < -0.4 is 11.1 Å². The number of primary amides is 1. The molecule has 0 unspecified atom stereocenters. The Labute approximate surface area is 170 Å². The lowest BCUT2D eigenvalue weighted by atomic mass is 10.0. The van der Waals surface area contributed by atoms with E-state index in [1.807, 2.05) is 24.3 Å². The van der Waals surface area contributed by atoms with Gasteiger partial charge in [0.1, 0.15) is 5.82 Å². The monoisotopic (exact) mass is 396 g/mol. The number of rotatable bonds is 5. The second-order valence-corrected chi connectivity index (χ2v) is 7.04. The maximum Gasteiger partial charge on any atom is 0.248 e. The Morgan fingerprint density at radius 2 is 1.71 bits per heavy atom. The molecule has 3 nitrogen and oxygen atoms in total. The van der Waals surface area contributed by atoms with Gasteiger partial charge < -0.3 is 11.1 Å². The number of hydrogen-bond acceptors (Lipinski definition) is 2. The van der Waals surface area contributed by atoms with Crippen LogP contribution in [0.15, 0.2) is 66.7 Å². The van der Waals surface area contributed by atoms with Crippen molar-refractivity contribution in [2.24, 2.45) is 5.73 Å². The molecular weight excluding hydrogens is 375 g/mol. The summed E-state index contributed by atoms with van der Waals surface area (Å²) >= 11 is 0. The van der Waals surface area contributed by atoms with Crippen LogP contribution in [0.1, 0.15) is 27.0 Å². The Hall–Kier alpha value is -2.69. The molecule has 3 N–H and O–H groups in total. The number of amides is 1. The summed E-state index contributed by atoms with van der Waals surface area (Å²) < 4.78 is 13.3. The molecule has 1 amide bonds. The fraction of sp³-hybridized carbons (Fsp3) is 0.174. The van der Waals surface area contributed by atoms with Crippen LogP contribution in [0.25, 0.3) is 11.1 Å². The van der Waals surface area contributed by atoms with Gasteiger partial charge in [-0.3, -0.25) is 4.79 Å². The molecule has 144 valence electrons. The molecule has 0 aromatic heterocycles. The molecule has 0 fully saturated rings. The summed E-state index contributed by atoms with van der Waals surface area (Å²) in [6.45, 7) is 0.767. The summed E-state index contributed by atoms with van der Waals surface area (Å²) in [7, 11) is 0. The number of carbonyl (C=O) groups excluding carboxylic acids is 1. The van der Waals surface area contributed by atoms with Gasteiger partial charge in [-0.2, -0.15) is 0 Å². The first kappa shape index (κ1) is 20.1. The minimum atomic E-state index is -0.421. The Bertz CT molecular complexity index is 988. The first-order chi connectivity index (χ1) is 13.1. The number of carbonyl (C=O) groups is 1. The zero-order valence-electron chi connectivity index (χ0n) is 15.3. The number of hydrogen-bond donors (Lipinski definition) is 2. The Kier molecular flexibility index (Phi) is 6.12. The van der Waals surface area contributed by atoms with Crippen molar-refractivity contribution in [3.63, 3.8) is 0 Å². The molecule has 3 aromatic carbocycles. The smallest absolute Gasteiger partial charge is 0.248 e. The minimum Gasteiger partial charge on any atom is -0.366 e. The molecule has 1 atom stereocenters. The first-order valence-electron chi connectivity index (χ1n) is 9.08. The van der Waals surface area contributed by atoms with Gasteiger partial charge in [-0.15, -0.1) is 12.4 Å². The topological polar surface area (TPSA) is 55.1 Å². The molecule has 0 aliphatic heterocycles. The summed E-state index contributed by atoms with van der Waals surface area (Å²) in [5.74, 6) is -0.583. The van der Waals surface area contributed by atoms with Crippen molar-refractivity contribution in [2.75, 3.05) is 0 Å². The van der Waals surface area contributed by atoms with E-state index in [0.29, 0.717) is 11.6 Å². The van der Waals surface area contributed by atoms with Gasteiger partial charge in [0.25, 0.3) is 0 Å². The van der Waals surface area contributed by atoms with E-state index in [4.69, 9.17) is 5.73 Å². The number of benzene rings is 3. The summed E-state index contributed by atoms with van der Waals surface area (Å²) in [5, 5.41) is 3.56. The van der Waals surface area contributed by atoms with Crippen molar-refractivity contribution in [1.29, 1.82) is 0 Å². The number of nitrogens with one attached hydrogen (secondary N) is 1. The van der Waals surface area contributed by atoms with Crippen LogP contribution in [-0.2, 0) is 19.4 Å². The van der Waals surface area contributed by atoms with Crippen molar-refractivity contribution in [3.8, 4) is 11.1 Å². The number of halogens is 2. The Morgan fingerprint density at radius 1 is 0.964 bits per heavy atom. The zero-order chi connectivity index (χ0) is 18.8. The van der Waals surface area contributed by atoms with Gasteiger partial charge in [0.15, 0.2) is 0 Å². The van der Waals surface area contributed by atoms with E-state index in [1.165, 1.54) is 17.2 Å². The van der Waals surface area contributed by atoms with Crippen molar-refractivity contribution in [3.05, 3.63) is 94.8 Å². The van der Waals surface area contributed by atoms with E-state index in [9.17, 15) is 9.18 Å². The molecule has 0 saturated carbocycles. The lowest BCUT2D eigenvalue weighted by Crippen LogP contribution is -2.28. The Morgan fingerprint density at radius 3 is 2.46 bits per heavy atom. The highest BCUT2D eigenvalue weighted by atomic mass is 35.5. The van der Waals surface area contributed by atoms with E-state index in [0.717, 1.165) is 36.1 Å². The molecule has 5 heteroatoms. The van der Waals surface area contributed by atoms with Crippen LogP contribution in [0.2, 0.25) is 0 Å². The normalized spacial score (nSPS) is 15.0. The molecule has 4 rings (SSSR count). The van der Waals surface area contributed by atoms with Crippen LogP contribution >= 0.6 is 12.4 Å². The Balaban J connectivity index is 0.00000225. The quantitative estimate of drug-likeness (QED) is 0.676. The standard InChI is InChI=1S/C23H21FN2O.ClH/c24-21-9-8-18-12-22(13-20(18)11-21)26-14-15-4-6-16(7-5-15)17-2-1-3-19(10-17)23(25)27;/h1-11,22,26H,12-14H2,(H2,25,27);1H/t22-;/m1./s1. The predicted octanol–water partition coefficient (Wildman–Crippen LogP) is 4.27.